The minimum absolute atomic E-state index is 0.00652. The van der Waals surface area contributed by atoms with Crippen LogP contribution in [0.2, 0.25) is 0 Å². The number of hydrogen-bond donors (Lipinski definition) is 1. The van der Waals surface area contributed by atoms with Crippen LogP contribution in [0.4, 0.5) is 0 Å². The minimum atomic E-state index is -0.505. The molecule has 1 aromatic heterocycles. The molecule has 0 bridgehead atoms. The van der Waals surface area contributed by atoms with Gasteiger partial charge in [-0.05, 0) is 51.3 Å². The number of thioether (sulfide) groups is 1. The Bertz CT molecular complexity index is 886. The van der Waals surface area contributed by atoms with Gasteiger partial charge in [0.1, 0.15) is 11.8 Å². The van der Waals surface area contributed by atoms with Crippen molar-refractivity contribution in [3.05, 3.63) is 52.4 Å². The average molecular weight is 445 g/mol. The number of aryl methyl sites for hydroxylation is 3. The number of carbonyl (C=O) groups excluding carboxylic acids is 2. The number of amides is 2. The fourth-order valence-corrected chi connectivity index (χ4v) is 4.29. The number of piperazine rings is 1. The highest BCUT2D eigenvalue weighted by Gasteiger charge is 2.29. The third-order valence-electron chi connectivity index (χ3n) is 5.74. The van der Waals surface area contributed by atoms with Crippen molar-refractivity contribution in [2.45, 2.75) is 39.8 Å². The minimum Gasteiger partial charge on any atom is -0.361 e. The molecule has 0 aliphatic carbocycles. The van der Waals surface area contributed by atoms with Crippen LogP contribution in [0.25, 0.3) is 0 Å². The Kier molecular flexibility index (Phi) is 8.15. The number of rotatable bonds is 8. The normalized spacial score (nSPS) is 15.7. The van der Waals surface area contributed by atoms with Gasteiger partial charge < -0.3 is 14.7 Å². The first-order valence-corrected chi connectivity index (χ1v) is 12.1. The van der Waals surface area contributed by atoms with E-state index in [1.54, 1.807) is 17.8 Å². The van der Waals surface area contributed by atoms with Crippen LogP contribution >= 0.6 is 11.8 Å². The second-order valence-electron chi connectivity index (χ2n) is 8.08. The lowest BCUT2D eigenvalue weighted by Crippen LogP contribution is -2.55. The van der Waals surface area contributed by atoms with Crippen molar-refractivity contribution in [2.75, 3.05) is 38.2 Å². The van der Waals surface area contributed by atoms with Gasteiger partial charge in [0.05, 0.1) is 5.69 Å². The van der Waals surface area contributed by atoms with E-state index in [2.05, 4.69) is 15.4 Å². The van der Waals surface area contributed by atoms with Crippen LogP contribution in [0, 0.1) is 20.8 Å². The maximum absolute atomic E-state index is 13.2. The first kappa shape index (κ1) is 23.3. The van der Waals surface area contributed by atoms with Crippen molar-refractivity contribution < 1.29 is 14.1 Å². The Balaban J connectivity index is 1.59. The highest BCUT2D eigenvalue weighted by Crippen LogP contribution is 2.17. The Morgan fingerprint density at radius 1 is 1.19 bits per heavy atom. The summed E-state index contributed by atoms with van der Waals surface area (Å²) in [6.45, 7) is 9.50. The van der Waals surface area contributed by atoms with E-state index in [0.29, 0.717) is 25.1 Å². The summed E-state index contributed by atoms with van der Waals surface area (Å²) in [5.41, 5.74) is 3.66. The van der Waals surface area contributed by atoms with Crippen molar-refractivity contribution in [3.63, 3.8) is 0 Å². The fourth-order valence-electron chi connectivity index (χ4n) is 3.82. The molecule has 1 unspecified atom stereocenters. The summed E-state index contributed by atoms with van der Waals surface area (Å²) in [4.78, 5) is 30.2. The van der Waals surface area contributed by atoms with Crippen LogP contribution < -0.4 is 5.32 Å². The van der Waals surface area contributed by atoms with E-state index in [0.717, 1.165) is 48.0 Å². The third kappa shape index (κ3) is 6.11. The van der Waals surface area contributed by atoms with Gasteiger partial charge in [0.2, 0.25) is 5.91 Å². The summed E-state index contributed by atoms with van der Waals surface area (Å²) in [6.07, 6.45) is 2.63. The Morgan fingerprint density at radius 3 is 2.55 bits per heavy atom. The molecule has 1 fully saturated rings. The Labute approximate surface area is 188 Å². The molecule has 0 radical (unpaired) electrons. The first-order valence-electron chi connectivity index (χ1n) is 10.7. The van der Waals surface area contributed by atoms with Crippen molar-refractivity contribution in [1.29, 1.82) is 0 Å². The lowest BCUT2D eigenvalue weighted by molar-refractivity contribution is -0.135. The molecule has 3 rings (SSSR count). The summed E-state index contributed by atoms with van der Waals surface area (Å²) in [7, 11) is 0. The molecule has 7 nitrogen and oxygen atoms in total. The molecule has 0 spiro atoms. The van der Waals surface area contributed by atoms with Gasteiger partial charge in [-0.15, -0.1) is 0 Å². The summed E-state index contributed by atoms with van der Waals surface area (Å²) < 4.78 is 5.26. The zero-order chi connectivity index (χ0) is 22.4. The standard InChI is InChI=1S/C23H32N4O3S/c1-16-6-5-7-19(14-16)22(28)24-21(8-13-31-4)23(29)27-11-9-26(10-12-27)15-20-17(2)25-30-18(20)3/h5-7,14,21H,8-13,15H2,1-4H3,(H,24,28). The van der Waals surface area contributed by atoms with E-state index in [9.17, 15) is 9.59 Å². The van der Waals surface area contributed by atoms with Crippen molar-refractivity contribution >= 4 is 23.6 Å². The maximum atomic E-state index is 13.2. The molecular formula is C23H32N4O3S. The summed E-state index contributed by atoms with van der Waals surface area (Å²) in [5.74, 6) is 1.48. The topological polar surface area (TPSA) is 78.7 Å². The molecule has 1 aliphatic rings. The molecule has 1 aromatic carbocycles. The molecule has 1 aliphatic heterocycles. The first-order chi connectivity index (χ1) is 14.9. The molecule has 0 saturated carbocycles. The summed E-state index contributed by atoms with van der Waals surface area (Å²) >= 11 is 1.68. The van der Waals surface area contributed by atoms with Crippen molar-refractivity contribution in [1.82, 2.24) is 20.3 Å². The fraction of sp³-hybridized carbons (Fsp3) is 0.522. The SMILES string of the molecule is CSCCC(NC(=O)c1cccc(C)c1)C(=O)N1CCN(Cc2c(C)noc2C)CC1. The molecule has 1 atom stereocenters. The predicted molar refractivity (Wildman–Crippen MR) is 123 cm³/mol. The van der Waals surface area contributed by atoms with Gasteiger partial charge in [-0.25, -0.2) is 0 Å². The Morgan fingerprint density at radius 2 is 1.94 bits per heavy atom. The van der Waals surface area contributed by atoms with E-state index in [1.807, 2.05) is 50.1 Å². The number of benzene rings is 1. The monoisotopic (exact) mass is 444 g/mol. The molecular weight excluding hydrogens is 412 g/mol. The molecule has 168 valence electrons. The lowest BCUT2D eigenvalue weighted by atomic mass is 10.1. The molecule has 2 heterocycles. The largest absolute Gasteiger partial charge is 0.361 e. The average Bonchev–Trinajstić information content (AvgIpc) is 3.08. The third-order valence-corrected chi connectivity index (χ3v) is 6.39. The van der Waals surface area contributed by atoms with Crippen LogP contribution in [0.1, 0.15) is 39.4 Å². The molecule has 1 N–H and O–H groups in total. The number of nitrogens with zero attached hydrogens (tertiary/aromatic N) is 3. The number of nitrogens with one attached hydrogen (secondary N) is 1. The van der Waals surface area contributed by atoms with Gasteiger partial charge in [0.15, 0.2) is 0 Å². The molecule has 1 saturated heterocycles. The van der Waals surface area contributed by atoms with E-state index in [1.165, 1.54) is 0 Å². The number of aromatic nitrogens is 1. The lowest BCUT2D eigenvalue weighted by Gasteiger charge is -2.36. The number of hydrogen-bond acceptors (Lipinski definition) is 6. The predicted octanol–water partition coefficient (Wildman–Crippen LogP) is 2.80. The van der Waals surface area contributed by atoms with E-state index >= 15 is 0 Å². The van der Waals surface area contributed by atoms with E-state index in [4.69, 9.17) is 4.52 Å². The second kappa shape index (κ2) is 10.8. The van der Waals surface area contributed by atoms with Crippen LogP contribution in [0.15, 0.2) is 28.8 Å². The van der Waals surface area contributed by atoms with Crippen molar-refractivity contribution in [2.24, 2.45) is 0 Å². The van der Waals surface area contributed by atoms with Crippen LogP contribution in [-0.2, 0) is 11.3 Å². The highest BCUT2D eigenvalue weighted by molar-refractivity contribution is 7.98. The van der Waals surface area contributed by atoms with Gasteiger partial charge in [0, 0.05) is 43.9 Å². The zero-order valence-electron chi connectivity index (χ0n) is 18.8. The smallest absolute Gasteiger partial charge is 0.251 e. The molecule has 2 aromatic rings. The molecule has 8 heteroatoms. The quantitative estimate of drug-likeness (QED) is 0.675. The number of carbonyl (C=O) groups is 2. The van der Waals surface area contributed by atoms with Gasteiger partial charge in [0.25, 0.3) is 5.91 Å². The Hall–Kier alpha value is -2.32. The van der Waals surface area contributed by atoms with Gasteiger partial charge in [-0.3, -0.25) is 14.5 Å². The molecule has 31 heavy (non-hydrogen) atoms. The highest BCUT2D eigenvalue weighted by atomic mass is 32.2. The van der Waals surface area contributed by atoms with Crippen LogP contribution in [0.5, 0.6) is 0 Å². The maximum Gasteiger partial charge on any atom is 0.251 e. The van der Waals surface area contributed by atoms with Crippen LogP contribution in [0.3, 0.4) is 0 Å². The van der Waals surface area contributed by atoms with Gasteiger partial charge in [-0.1, -0.05) is 22.9 Å². The second-order valence-corrected chi connectivity index (χ2v) is 9.07. The van der Waals surface area contributed by atoms with Gasteiger partial charge in [-0.2, -0.15) is 11.8 Å². The van der Waals surface area contributed by atoms with Crippen LogP contribution in [-0.4, -0.2) is 71.0 Å². The van der Waals surface area contributed by atoms with E-state index in [-0.39, 0.29) is 11.8 Å². The molecule has 2 amide bonds. The zero-order valence-corrected chi connectivity index (χ0v) is 19.6. The summed E-state index contributed by atoms with van der Waals surface area (Å²) in [5, 5.41) is 7.00. The summed E-state index contributed by atoms with van der Waals surface area (Å²) in [6, 6.07) is 6.94. The van der Waals surface area contributed by atoms with E-state index < -0.39 is 6.04 Å². The van der Waals surface area contributed by atoms with Gasteiger partial charge >= 0.3 is 0 Å². The van der Waals surface area contributed by atoms with Crippen molar-refractivity contribution in [3.8, 4) is 0 Å².